The Morgan fingerprint density at radius 1 is 1.00 bits per heavy atom. The van der Waals surface area contributed by atoms with Crippen LogP contribution < -0.4 is 9.99 Å². The molecule has 0 atom stereocenters. The monoisotopic (exact) mass is 412 g/mol. The van der Waals surface area contributed by atoms with Crippen molar-refractivity contribution >= 4 is 41.1 Å². The first kappa shape index (κ1) is 19.7. The van der Waals surface area contributed by atoms with Gasteiger partial charge in [0.15, 0.2) is 12.4 Å². The molecule has 0 fully saturated rings. The molecule has 7 heteroatoms. The Labute approximate surface area is 172 Å². The van der Waals surface area contributed by atoms with E-state index < -0.39 is 5.91 Å². The van der Waals surface area contributed by atoms with E-state index in [-0.39, 0.29) is 12.3 Å². The highest BCUT2D eigenvalue weighted by molar-refractivity contribution is 6.36. The van der Waals surface area contributed by atoms with E-state index in [4.69, 9.17) is 23.2 Å². The predicted molar refractivity (Wildman–Crippen MR) is 109 cm³/mol. The summed E-state index contributed by atoms with van der Waals surface area (Å²) in [7, 11) is 0. The minimum absolute atomic E-state index is 0.0430. The first-order chi connectivity index (χ1) is 13.5. The molecule has 1 N–H and O–H groups in total. The molecule has 3 aromatic rings. The van der Waals surface area contributed by atoms with Crippen LogP contribution >= 0.6 is 23.2 Å². The van der Waals surface area contributed by atoms with E-state index >= 15 is 0 Å². The molecule has 3 rings (SSSR count). The summed E-state index contributed by atoms with van der Waals surface area (Å²) in [5.41, 5.74) is 4.07. The van der Waals surface area contributed by atoms with Gasteiger partial charge in [-0.3, -0.25) is 9.59 Å². The lowest BCUT2D eigenvalue weighted by Crippen LogP contribution is -2.38. The van der Waals surface area contributed by atoms with Gasteiger partial charge in [-0.2, -0.15) is 9.67 Å². The number of Topliss-reactive ketones (excluding diaryl/α,β-unsaturated/α-hetero) is 1. The highest BCUT2D eigenvalue weighted by Crippen LogP contribution is 2.19. The van der Waals surface area contributed by atoms with E-state index in [1.165, 1.54) is 6.21 Å². The van der Waals surface area contributed by atoms with Crippen molar-refractivity contribution in [3.8, 4) is 0 Å². The number of nitrogens with zero attached hydrogens (tertiary/aromatic N) is 2. The van der Waals surface area contributed by atoms with Crippen molar-refractivity contribution in [3.63, 3.8) is 0 Å². The Balaban J connectivity index is 1.65. The molecule has 0 unspecified atom stereocenters. The van der Waals surface area contributed by atoms with E-state index in [9.17, 15) is 9.59 Å². The number of nitrogens with one attached hydrogen (secondary N) is 1. The number of carbonyl (C=O) groups is 2. The number of hydrazone groups is 1. The summed E-state index contributed by atoms with van der Waals surface area (Å²) < 4.78 is 1.66. The summed E-state index contributed by atoms with van der Waals surface area (Å²) in [5.74, 6) is -0.443. The van der Waals surface area contributed by atoms with Crippen LogP contribution in [0.25, 0.3) is 0 Å². The van der Waals surface area contributed by atoms with Gasteiger partial charge in [0.05, 0.1) is 11.2 Å². The zero-order chi connectivity index (χ0) is 19.9. The normalized spacial score (nSPS) is 10.8. The molecule has 0 bridgehead atoms. The molecule has 0 saturated carbocycles. The molecule has 2 aromatic carbocycles. The zero-order valence-electron chi connectivity index (χ0n) is 14.7. The maximum Gasteiger partial charge on any atom is 0.277 e. The Morgan fingerprint density at radius 2 is 1.75 bits per heavy atom. The van der Waals surface area contributed by atoms with Crippen molar-refractivity contribution in [3.05, 3.63) is 99.8 Å². The zero-order valence-corrected chi connectivity index (χ0v) is 16.2. The Kier molecular flexibility index (Phi) is 6.53. The first-order valence-corrected chi connectivity index (χ1v) is 9.14. The van der Waals surface area contributed by atoms with Crippen molar-refractivity contribution in [2.75, 3.05) is 0 Å². The van der Waals surface area contributed by atoms with Crippen LogP contribution in [0.5, 0.6) is 0 Å². The van der Waals surface area contributed by atoms with Crippen LogP contribution in [0, 0.1) is 0 Å². The lowest BCUT2D eigenvalue weighted by molar-refractivity contribution is -0.683. The number of ketones is 1. The van der Waals surface area contributed by atoms with Gasteiger partial charge in [-0.1, -0.05) is 59.6 Å². The van der Waals surface area contributed by atoms with Crippen molar-refractivity contribution < 1.29 is 14.2 Å². The molecule has 1 heterocycles. The second-order valence-corrected chi connectivity index (χ2v) is 6.76. The van der Waals surface area contributed by atoms with E-state index in [0.717, 1.165) is 0 Å². The molecule has 0 spiro atoms. The van der Waals surface area contributed by atoms with E-state index in [1.54, 1.807) is 59.4 Å². The Morgan fingerprint density at radius 3 is 2.50 bits per heavy atom. The van der Waals surface area contributed by atoms with Crippen LogP contribution in [-0.4, -0.2) is 17.9 Å². The van der Waals surface area contributed by atoms with Gasteiger partial charge in [0, 0.05) is 22.2 Å². The van der Waals surface area contributed by atoms with Gasteiger partial charge < -0.3 is 0 Å². The minimum atomic E-state index is -0.400. The third kappa shape index (κ3) is 5.25. The Bertz CT molecular complexity index is 1040. The number of aromatic nitrogens is 1. The van der Waals surface area contributed by atoms with E-state index in [2.05, 4.69) is 10.5 Å². The summed E-state index contributed by atoms with van der Waals surface area (Å²) in [4.78, 5) is 24.6. The van der Waals surface area contributed by atoms with E-state index in [1.807, 2.05) is 18.2 Å². The Hall–Kier alpha value is -3.02. The molecule has 1 amide bonds. The number of rotatable bonds is 6. The molecule has 1 aromatic heterocycles. The number of benzene rings is 2. The largest absolute Gasteiger partial charge is 0.287 e. The minimum Gasteiger partial charge on any atom is -0.287 e. The first-order valence-electron chi connectivity index (χ1n) is 8.39. The van der Waals surface area contributed by atoms with Crippen molar-refractivity contribution in [1.82, 2.24) is 5.43 Å². The fraction of sp³-hybridized carbons (Fsp3) is 0.0476. The van der Waals surface area contributed by atoms with Gasteiger partial charge in [-0.15, -0.1) is 0 Å². The molecule has 0 radical (unpaired) electrons. The molecular weight excluding hydrogens is 397 g/mol. The number of amides is 1. The molecular formula is C21H16Cl2N3O2+. The molecule has 28 heavy (non-hydrogen) atoms. The van der Waals surface area contributed by atoms with Crippen molar-refractivity contribution in [2.24, 2.45) is 5.10 Å². The average molecular weight is 413 g/mol. The van der Waals surface area contributed by atoms with Crippen LogP contribution in [0.2, 0.25) is 10.0 Å². The lowest BCUT2D eigenvalue weighted by Gasteiger charge is -2.01. The van der Waals surface area contributed by atoms with Crippen LogP contribution in [0.3, 0.4) is 0 Å². The van der Waals surface area contributed by atoms with Crippen LogP contribution in [0.4, 0.5) is 0 Å². The molecule has 0 aliphatic rings. The second kappa shape index (κ2) is 9.26. The lowest BCUT2D eigenvalue weighted by atomic mass is 10.1. The number of hydrogen-bond acceptors (Lipinski definition) is 3. The van der Waals surface area contributed by atoms with Gasteiger partial charge in [0.2, 0.25) is 12.3 Å². The predicted octanol–water partition coefficient (Wildman–Crippen LogP) is 3.93. The summed E-state index contributed by atoms with van der Waals surface area (Å²) in [6.07, 6.45) is 4.77. The number of halogens is 2. The van der Waals surface area contributed by atoms with Gasteiger partial charge in [0.1, 0.15) is 5.56 Å². The molecule has 0 saturated heterocycles. The van der Waals surface area contributed by atoms with Gasteiger partial charge in [0.25, 0.3) is 5.91 Å². The quantitative estimate of drug-likeness (QED) is 0.288. The fourth-order valence-corrected chi connectivity index (χ4v) is 2.92. The summed E-state index contributed by atoms with van der Waals surface area (Å²) in [5, 5.41) is 4.87. The third-order valence-corrected chi connectivity index (χ3v) is 4.44. The van der Waals surface area contributed by atoms with Crippen LogP contribution in [0.1, 0.15) is 26.3 Å². The number of hydrogen-bond donors (Lipinski definition) is 1. The number of pyridine rings is 1. The number of carbonyl (C=O) groups excluding carboxylic acids is 2. The second-order valence-electron chi connectivity index (χ2n) is 5.92. The molecule has 0 aliphatic carbocycles. The van der Waals surface area contributed by atoms with E-state index in [0.29, 0.717) is 26.7 Å². The standard InChI is InChI=1S/C21H15Cl2N3O2/c22-18-9-8-16(19(23)11-18)12-24-25-21(28)17-7-4-10-26(13-17)14-20(27)15-5-2-1-3-6-15/h1-13H,14H2/p+1/b24-12-. The maximum absolute atomic E-state index is 12.3. The topological polar surface area (TPSA) is 62.4 Å². The maximum atomic E-state index is 12.3. The van der Waals surface area contributed by atoms with Crippen LogP contribution in [0.15, 0.2) is 78.2 Å². The average Bonchev–Trinajstić information content (AvgIpc) is 2.70. The van der Waals surface area contributed by atoms with Crippen molar-refractivity contribution in [1.29, 1.82) is 0 Å². The third-order valence-electron chi connectivity index (χ3n) is 3.87. The van der Waals surface area contributed by atoms with Gasteiger partial charge in [-0.05, 0) is 18.2 Å². The summed E-state index contributed by atoms with van der Waals surface area (Å²) >= 11 is 11.9. The molecule has 5 nitrogen and oxygen atoms in total. The molecule has 0 aliphatic heterocycles. The highest BCUT2D eigenvalue weighted by Gasteiger charge is 2.14. The molecule has 140 valence electrons. The van der Waals surface area contributed by atoms with Crippen molar-refractivity contribution in [2.45, 2.75) is 6.54 Å². The summed E-state index contributed by atoms with van der Waals surface area (Å²) in [6, 6.07) is 17.3. The summed E-state index contributed by atoms with van der Waals surface area (Å²) in [6.45, 7) is 0.134. The van der Waals surface area contributed by atoms with Gasteiger partial charge in [-0.25, -0.2) is 5.43 Å². The smallest absolute Gasteiger partial charge is 0.277 e. The fourth-order valence-electron chi connectivity index (χ4n) is 2.47. The SMILES string of the molecule is O=C(C[n+]1cccc(C(=O)N/N=C\c2ccc(Cl)cc2Cl)c1)c1ccccc1. The highest BCUT2D eigenvalue weighted by atomic mass is 35.5. The van der Waals surface area contributed by atoms with Crippen LogP contribution in [-0.2, 0) is 6.54 Å². The van der Waals surface area contributed by atoms with Gasteiger partial charge >= 0.3 is 0 Å².